The van der Waals surface area contributed by atoms with E-state index in [2.05, 4.69) is 20.6 Å². The van der Waals surface area contributed by atoms with Gasteiger partial charge in [0.25, 0.3) is 5.91 Å². The molecule has 0 saturated heterocycles. The van der Waals surface area contributed by atoms with E-state index in [4.69, 9.17) is 23.2 Å². The summed E-state index contributed by atoms with van der Waals surface area (Å²) < 4.78 is 15.6. The molecular weight excluding hydrogens is 428 g/mol. The van der Waals surface area contributed by atoms with Crippen molar-refractivity contribution in [1.29, 1.82) is 0 Å². The molecule has 0 radical (unpaired) electrons. The average Bonchev–Trinajstić information content (AvgIpc) is 3.33. The third kappa shape index (κ3) is 4.22. The molecule has 0 unspecified atom stereocenters. The van der Waals surface area contributed by atoms with E-state index in [-0.39, 0.29) is 12.2 Å². The lowest BCUT2D eigenvalue weighted by Gasteiger charge is -2.07. The van der Waals surface area contributed by atoms with Crippen molar-refractivity contribution in [2.24, 2.45) is 0 Å². The number of H-pyrrole nitrogens is 1. The van der Waals surface area contributed by atoms with Gasteiger partial charge < -0.3 is 5.32 Å². The van der Waals surface area contributed by atoms with E-state index in [1.807, 2.05) is 19.1 Å². The summed E-state index contributed by atoms with van der Waals surface area (Å²) in [4.78, 5) is 12.6. The number of aromatic amines is 1. The van der Waals surface area contributed by atoms with Crippen molar-refractivity contribution in [2.75, 3.05) is 5.32 Å². The van der Waals surface area contributed by atoms with E-state index >= 15 is 0 Å². The predicted octanol–water partition coefficient (Wildman–Crippen LogP) is 5.33. The first-order valence-electron chi connectivity index (χ1n) is 9.01. The maximum absolute atomic E-state index is 14.1. The van der Waals surface area contributed by atoms with Gasteiger partial charge in [-0.2, -0.15) is 10.2 Å². The van der Waals surface area contributed by atoms with Gasteiger partial charge in [0.2, 0.25) is 0 Å². The monoisotopic (exact) mass is 443 g/mol. The first kappa shape index (κ1) is 20.1. The molecule has 0 saturated carbocycles. The van der Waals surface area contributed by atoms with Crippen LogP contribution in [0.25, 0.3) is 11.3 Å². The minimum atomic E-state index is -0.407. The molecule has 0 aliphatic carbocycles. The summed E-state index contributed by atoms with van der Waals surface area (Å²) in [6, 6.07) is 15.0. The fraction of sp³-hybridized carbons (Fsp3) is 0.0952. The quantitative estimate of drug-likeness (QED) is 0.437. The van der Waals surface area contributed by atoms with Crippen LogP contribution in [0.2, 0.25) is 10.0 Å². The fourth-order valence-corrected chi connectivity index (χ4v) is 3.30. The Morgan fingerprint density at radius 3 is 2.67 bits per heavy atom. The summed E-state index contributed by atoms with van der Waals surface area (Å²) in [6.07, 6.45) is 0. The molecule has 0 aliphatic heterocycles. The Morgan fingerprint density at radius 1 is 1.17 bits per heavy atom. The van der Waals surface area contributed by atoms with Crippen LogP contribution in [0.3, 0.4) is 0 Å². The van der Waals surface area contributed by atoms with Gasteiger partial charge in [-0.3, -0.25) is 14.6 Å². The average molecular weight is 444 g/mol. The molecule has 9 heteroatoms. The number of halogens is 3. The van der Waals surface area contributed by atoms with Gasteiger partial charge in [0.15, 0.2) is 5.82 Å². The lowest BCUT2D eigenvalue weighted by molar-refractivity contribution is 0.102. The number of hydrogen-bond donors (Lipinski definition) is 2. The van der Waals surface area contributed by atoms with E-state index in [1.54, 1.807) is 41.1 Å². The van der Waals surface area contributed by atoms with Crippen molar-refractivity contribution in [3.8, 4) is 11.3 Å². The number of carbonyl (C=O) groups excluding carboxylic acids is 1. The van der Waals surface area contributed by atoms with Crippen molar-refractivity contribution < 1.29 is 9.18 Å². The van der Waals surface area contributed by atoms with Crippen LogP contribution in [0.4, 0.5) is 10.2 Å². The summed E-state index contributed by atoms with van der Waals surface area (Å²) in [5.74, 6) is -0.459. The summed E-state index contributed by atoms with van der Waals surface area (Å²) >= 11 is 12.0. The highest BCUT2D eigenvalue weighted by Crippen LogP contribution is 2.22. The molecule has 2 aromatic carbocycles. The van der Waals surface area contributed by atoms with Crippen molar-refractivity contribution in [1.82, 2.24) is 20.0 Å². The third-order valence-corrected chi connectivity index (χ3v) is 5.16. The summed E-state index contributed by atoms with van der Waals surface area (Å²) in [5, 5.41) is 14.9. The normalized spacial score (nSPS) is 10.9. The van der Waals surface area contributed by atoms with Crippen LogP contribution < -0.4 is 5.32 Å². The molecule has 0 fully saturated rings. The smallest absolute Gasteiger partial charge is 0.274 e. The molecule has 2 aromatic heterocycles. The van der Waals surface area contributed by atoms with Crippen molar-refractivity contribution in [2.45, 2.75) is 13.5 Å². The van der Waals surface area contributed by atoms with Crippen LogP contribution in [0, 0.1) is 12.7 Å². The second-order valence-electron chi connectivity index (χ2n) is 6.66. The number of amides is 1. The number of carbonyl (C=O) groups is 1. The Bertz CT molecular complexity index is 1200. The van der Waals surface area contributed by atoms with Gasteiger partial charge in [-0.15, -0.1) is 0 Å². The van der Waals surface area contributed by atoms with Crippen LogP contribution in [-0.2, 0) is 6.54 Å². The SMILES string of the molecule is Cc1cc(NC(=O)c2cc(-c3ccc(Cl)cc3)n[nH]2)nn1Cc1c(F)cccc1Cl. The molecule has 30 heavy (non-hydrogen) atoms. The van der Waals surface area contributed by atoms with Crippen LogP contribution in [0.5, 0.6) is 0 Å². The van der Waals surface area contributed by atoms with Crippen molar-refractivity contribution >= 4 is 34.9 Å². The van der Waals surface area contributed by atoms with Gasteiger partial charge in [-0.05, 0) is 37.3 Å². The number of benzene rings is 2. The van der Waals surface area contributed by atoms with Gasteiger partial charge in [0, 0.05) is 32.9 Å². The molecule has 2 heterocycles. The number of nitrogens with one attached hydrogen (secondary N) is 2. The largest absolute Gasteiger partial charge is 0.304 e. The topological polar surface area (TPSA) is 75.6 Å². The van der Waals surface area contributed by atoms with E-state index < -0.39 is 11.7 Å². The second-order valence-corrected chi connectivity index (χ2v) is 7.50. The number of nitrogens with zero attached hydrogens (tertiary/aromatic N) is 3. The first-order valence-corrected chi connectivity index (χ1v) is 9.76. The Morgan fingerprint density at radius 2 is 1.93 bits per heavy atom. The van der Waals surface area contributed by atoms with E-state index in [9.17, 15) is 9.18 Å². The van der Waals surface area contributed by atoms with Crippen LogP contribution in [0.1, 0.15) is 21.7 Å². The van der Waals surface area contributed by atoms with Gasteiger partial charge in [-0.1, -0.05) is 41.4 Å². The highest BCUT2D eigenvalue weighted by atomic mass is 35.5. The maximum Gasteiger partial charge on any atom is 0.274 e. The van der Waals surface area contributed by atoms with Gasteiger partial charge >= 0.3 is 0 Å². The Kier molecular flexibility index (Phi) is 5.57. The van der Waals surface area contributed by atoms with Gasteiger partial charge in [0.05, 0.1) is 12.2 Å². The zero-order valence-corrected chi connectivity index (χ0v) is 17.3. The van der Waals surface area contributed by atoms with Crippen molar-refractivity contribution in [3.63, 3.8) is 0 Å². The minimum absolute atomic E-state index is 0.151. The molecule has 0 aliphatic rings. The molecule has 4 aromatic rings. The Balaban J connectivity index is 1.49. The number of hydrogen-bond acceptors (Lipinski definition) is 3. The number of aryl methyl sites for hydroxylation is 1. The van der Waals surface area contributed by atoms with E-state index in [0.29, 0.717) is 27.1 Å². The molecule has 4 rings (SSSR count). The number of anilines is 1. The summed E-state index contributed by atoms with van der Waals surface area (Å²) in [6.45, 7) is 1.96. The maximum atomic E-state index is 14.1. The molecule has 0 bridgehead atoms. The summed E-state index contributed by atoms with van der Waals surface area (Å²) in [7, 11) is 0. The molecule has 152 valence electrons. The first-order chi connectivity index (χ1) is 14.4. The number of aromatic nitrogens is 4. The van der Waals surface area contributed by atoms with Crippen LogP contribution >= 0.6 is 23.2 Å². The van der Waals surface area contributed by atoms with Gasteiger partial charge in [-0.25, -0.2) is 4.39 Å². The Labute approximate surface area is 181 Å². The standard InChI is InChI=1S/C21H16Cl2FN5O/c1-12-9-20(28-29(12)11-15-16(23)3-2-4-17(15)24)25-21(30)19-10-18(26-27-19)13-5-7-14(22)8-6-13/h2-10H,11H2,1H3,(H,26,27)(H,25,28,30). The van der Waals surface area contributed by atoms with E-state index in [0.717, 1.165) is 11.3 Å². The molecule has 0 spiro atoms. The van der Waals surface area contributed by atoms with E-state index in [1.165, 1.54) is 6.07 Å². The highest BCUT2D eigenvalue weighted by Gasteiger charge is 2.15. The predicted molar refractivity (Wildman–Crippen MR) is 114 cm³/mol. The molecule has 2 N–H and O–H groups in total. The lowest BCUT2D eigenvalue weighted by atomic mass is 10.1. The fourth-order valence-electron chi connectivity index (χ4n) is 2.95. The zero-order valence-electron chi connectivity index (χ0n) is 15.8. The second kappa shape index (κ2) is 8.30. The molecule has 0 atom stereocenters. The Hall–Kier alpha value is -3.16. The van der Waals surface area contributed by atoms with Crippen molar-refractivity contribution in [3.05, 3.63) is 87.4 Å². The third-order valence-electron chi connectivity index (χ3n) is 4.55. The molecule has 6 nitrogen and oxygen atoms in total. The highest BCUT2D eigenvalue weighted by molar-refractivity contribution is 6.31. The lowest BCUT2D eigenvalue weighted by Crippen LogP contribution is -2.13. The van der Waals surface area contributed by atoms with Gasteiger partial charge in [0.1, 0.15) is 11.5 Å². The zero-order chi connectivity index (χ0) is 21.3. The van der Waals surface area contributed by atoms with Crippen LogP contribution in [-0.4, -0.2) is 25.9 Å². The van der Waals surface area contributed by atoms with Crippen LogP contribution in [0.15, 0.2) is 54.6 Å². The molecule has 1 amide bonds. The molecular formula is C21H16Cl2FN5O. The number of rotatable bonds is 5. The summed E-state index contributed by atoms with van der Waals surface area (Å²) in [5.41, 5.74) is 2.81. The minimum Gasteiger partial charge on any atom is -0.304 e.